The number of benzene rings is 4. The molecule has 1 amide bonds. The predicted molar refractivity (Wildman–Crippen MR) is 165 cm³/mol. The number of amides is 1. The van der Waals surface area contributed by atoms with Crippen LogP contribution in [0.25, 0.3) is 11.0 Å². The van der Waals surface area contributed by atoms with Gasteiger partial charge < -0.3 is 14.2 Å². The molecule has 0 fully saturated rings. The van der Waals surface area contributed by atoms with E-state index in [2.05, 4.69) is 9.71 Å². The first-order valence-corrected chi connectivity index (χ1v) is 15.4. The standard InChI is InChI=1S/C33H34N4O4S/c1-24-12-16-26(17-13-24)20-29(21-34-42(40,41)23-28-8-4-3-5-9-28)37-31-11-7-6-10-30(31)36(32(37)35-33(38)39)22-27-18-14-25(2)15-19-27/h3-19,29,34H,20-23H2,1-2H3,(H,38,39). The largest absolute Gasteiger partial charge is 0.463 e. The van der Waals surface area contributed by atoms with Gasteiger partial charge in [-0.25, -0.2) is 17.9 Å². The lowest BCUT2D eigenvalue weighted by Gasteiger charge is -2.21. The quantitative estimate of drug-likeness (QED) is 0.224. The molecule has 1 heterocycles. The highest BCUT2D eigenvalue weighted by Crippen LogP contribution is 2.22. The lowest BCUT2D eigenvalue weighted by atomic mass is 10.0. The van der Waals surface area contributed by atoms with E-state index >= 15 is 0 Å². The van der Waals surface area contributed by atoms with Gasteiger partial charge in [0, 0.05) is 6.54 Å². The second kappa shape index (κ2) is 12.6. The summed E-state index contributed by atoms with van der Waals surface area (Å²) in [5.41, 5.74) is 6.73. The van der Waals surface area contributed by atoms with Crippen molar-refractivity contribution in [3.05, 3.63) is 137 Å². The minimum Gasteiger partial charge on any atom is -0.463 e. The normalized spacial score (nSPS) is 13.0. The van der Waals surface area contributed by atoms with E-state index in [1.807, 2.05) is 114 Å². The fourth-order valence-corrected chi connectivity index (χ4v) is 6.33. The molecule has 216 valence electrons. The highest BCUT2D eigenvalue weighted by atomic mass is 32.2. The number of sulfonamides is 1. The Kier molecular flexibility index (Phi) is 8.70. The lowest BCUT2D eigenvalue weighted by molar-refractivity contribution is 0.204. The molecule has 4 aromatic carbocycles. The summed E-state index contributed by atoms with van der Waals surface area (Å²) in [6.45, 7) is 4.48. The Balaban J connectivity index is 1.62. The number of aryl methyl sites for hydroxylation is 2. The number of nitrogens with zero attached hydrogens (tertiary/aromatic N) is 3. The monoisotopic (exact) mass is 582 g/mol. The van der Waals surface area contributed by atoms with Crippen molar-refractivity contribution in [1.82, 2.24) is 13.9 Å². The Hall–Kier alpha value is -4.47. The molecule has 0 aliphatic rings. The molecule has 0 saturated carbocycles. The van der Waals surface area contributed by atoms with Crippen LogP contribution < -0.4 is 10.3 Å². The van der Waals surface area contributed by atoms with Crippen LogP contribution in [0, 0.1) is 13.8 Å². The zero-order valence-corrected chi connectivity index (χ0v) is 24.5. The van der Waals surface area contributed by atoms with Gasteiger partial charge in [0.25, 0.3) is 0 Å². The summed E-state index contributed by atoms with van der Waals surface area (Å²) in [6, 6.07) is 32.3. The van der Waals surface area contributed by atoms with E-state index in [0.29, 0.717) is 18.5 Å². The second-order valence-electron chi connectivity index (χ2n) is 10.6. The van der Waals surface area contributed by atoms with Crippen molar-refractivity contribution >= 4 is 27.1 Å². The van der Waals surface area contributed by atoms with Crippen LogP contribution in [0.1, 0.15) is 33.9 Å². The highest BCUT2D eigenvalue weighted by molar-refractivity contribution is 7.88. The van der Waals surface area contributed by atoms with Crippen molar-refractivity contribution < 1.29 is 18.3 Å². The number of para-hydroxylation sites is 2. The Morgan fingerprint density at radius 3 is 1.98 bits per heavy atom. The van der Waals surface area contributed by atoms with E-state index in [0.717, 1.165) is 33.3 Å². The first-order valence-electron chi connectivity index (χ1n) is 13.8. The molecule has 9 heteroatoms. The van der Waals surface area contributed by atoms with Gasteiger partial charge in [0.05, 0.1) is 29.4 Å². The molecule has 1 atom stereocenters. The van der Waals surface area contributed by atoms with Crippen LogP contribution in [0.4, 0.5) is 4.79 Å². The molecule has 2 N–H and O–H groups in total. The van der Waals surface area contributed by atoms with Crippen LogP contribution >= 0.6 is 0 Å². The van der Waals surface area contributed by atoms with Gasteiger partial charge in [0.15, 0.2) is 0 Å². The number of carbonyl (C=O) groups is 1. The molecule has 1 unspecified atom stereocenters. The summed E-state index contributed by atoms with van der Waals surface area (Å²) >= 11 is 0. The van der Waals surface area contributed by atoms with Gasteiger partial charge in [-0.05, 0) is 49.1 Å². The van der Waals surface area contributed by atoms with Crippen molar-refractivity contribution in [2.75, 3.05) is 6.54 Å². The maximum atomic E-state index is 13.2. The number of carboxylic acid groups (broad SMARTS) is 1. The van der Waals surface area contributed by atoms with E-state index in [-0.39, 0.29) is 17.9 Å². The van der Waals surface area contributed by atoms with Crippen LogP contribution in [0.2, 0.25) is 0 Å². The first-order chi connectivity index (χ1) is 20.2. The molecule has 0 radical (unpaired) electrons. The minimum absolute atomic E-state index is 0.0500. The maximum absolute atomic E-state index is 13.2. The molecule has 1 aromatic heterocycles. The number of imidazole rings is 1. The Morgan fingerprint density at radius 1 is 0.786 bits per heavy atom. The lowest BCUT2D eigenvalue weighted by Crippen LogP contribution is -2.38. The van der Waals surface area contributed by atoms with Crippen molar-refractivity contribution in [2.45, 2.75) is 38.6 Å². The summed E-state index contributed by atoms with van der Waals surface area (Å²) in [7, 11) is -3.69. The van der Waals surface area contributed by atoms with Crippen LogP contribution in [0.5, 0.6) is 0 Å². The molecular weight excluding hydrogens is 548 g/mol. The van der Waals surface area contributed by atoms with Crippen LogP contribution in [0.3, 0.4) is 0 Å². The van der Waals surface area contributed by atoms with Crippen molar-refractivity contribution in [3.8, 4) is 0 Å². The van der Waals surface area contributed by atoms with E-state index in [4.69, 9.17) is 0 Å². The number of rotatable bonds is 10. The predicted octanol–water partition coefficient (Wildman–Crippen LogP) is 5.59. The number of hydrogen-bond acceptors (Lipinski definition) is 3. The highest BCUT2D eigenvalue weighted by Gasteiger charge is 2.23. The van der Waals surface area contributed by atoms with Gasteiger partial charge in [-0.15, -0.1) is 4.99 Å². The second-order valence-corrected chi connectivity index (χ2v) is 12.4. The maximum Gasteiger partial charge on any atom is 0.434 e. The summed E-state index contributed by atoms with van der Waals surface area (Å²) in [5.74, 6) is -0.155. The van der Waals surface area contributed by atoms with E-state index in [1.54, 1.807) is 12.1 Å². The zero-order valence-electron chi connectivity index (χ0n) is 23.6. The molecule has 0 aliphatic heterocycles. The summed E-state index contributed by atoms with van der Waals surface area (Å²) in [4.78, 5) is 16.1. The minimum atomic E-state index is -3.69. The molecule has 5 aromatic rings. The third-order valence-electron chi connectivity index (χ3n) is 7.24. The molecule has 8 nitrogen and oxygen atoms in total. The number of fused-ring (bicyclic) bond motifs is 1. The number of hydrogen-bond donors (Lipinski definition) is 2. The number of nitrogens with one attached hydrogen (secondary N) is 1. The van der Waals surface area contributed by atoms with Gasteiger partial charge in [-0.1, -0.05) is 102 Å². The molecule has 0 spiro atoms. The fourth-order valence-electron chi connectivity index (χ4n) is 5.15. The molecular formula is C33H34N4O4S. The van der Waals surface area contributed by atoms with Gasteiger partial charge in [0.2, 0.25) is 15.6 Å². The topological polar surface area (TPSA) is 106 Å². The zero-order chi connectivity index (χ0) is 29.7. The molecule has 0 aliphatic carbocycles. The van der Waals surface area contributed by atoms with Crippen LogP contribution in [-0.2, 0) is 28.7 Å². The average Bonchev–Trinajstić information content (AvgIpc) is 3.25. The SMILES string of the molecule is Cc1ccc(CC(CNS(=O)(=O)Cc2ccccc2)n2c(=NC(=O)O)n(Cc3ccc(C)cc3)c3ccccc32)cc1. The smallest absolute Gasteiger partial charge is 0.434 e. The van der Waals surface area contributed by atoms with Crippen molar-refractivity contribution in [2.24, 2.45) is 4.99 Å². The Bertz CT molecular complexity index is 1860. The third-order valence-corrected chi connectivity index (χ3v) is 8.56. The van der Waals surface area contributed by atoms with Crippen molar-refractivity contribution in [3.63, 3.8) is 0 Å². The average molecular weight is 583 g/mol. The van der Waals surface area contributed by atoms with Gasteiger partial charge in [0.1, 0.15) is 0 Å². The van der Waals surface area contributed by atoms with Gasteiger partial charge in [-0.3, -0.25) is 0 Å². The van der Waals surface area contributed by atoms with Crippen LogP contribution in [0.15, 0.2) is 108 Å². The van der Waals surface area contributed by atoms with E-state index in [9.17, 15) is 18.3 Å². The van der Waals surface area contributed by atoms with Crippen molar-refractivity contribution in [1.29, 1.82) is 0 Å². The number of aromatic nitrogens is 2. The summed E-state index contributed by atoms with van der Waals surface area (Å²) < 4.78 is 32.9. The first kappa shape index (κ1) is 29.0. The van der Waals surface area contributed by atoms with E-state index in [1.165, 1.54) is 0 Å². The van der Waals surface area contributed by atoms with Crippen LogP contribution in [-0.4, -0.2) is 35.3 Å². The Labute approximate surface area is 245 Å². The molecule has 5 rings (SSSR count). The molecule has 42 heavy (non-hydrogen) atoms. The summed E-state index contributed by atoms with van der Waals surface area (Å²) in [6.07, 6.45) is -0.866. The molecule has 0 saturated heterocycles. The molecule has 0 bridgehead atoms. The van der Waals surface area contributed by atoms with E-state index < -0.39 is 22.2 Å². The summed E-state index contributed by atoms with van der Waals surface area (Å²) in [5, 5.41) is 9.86. The van der Waals surface area contributed by atoms with Gasteiger partial charge in [-0.2, -0.15) is 0 Å². The fraction of sp³-hybridized carbons (Fsp3) is 0.212. The third kappa shape index (κ3) is 7.05. The Morgan fingerprint density at radius 2 is 1.36 bits per heavy atom. The van der Waals surface area contributed by atoms with Gasteiger partial charge >= 0.3 is 6.09 Å².